The van der Waals surface area contributed by atoms with Gasteiger partial charge in [0.2, 0.25) is 11.8 Å². The summed E-state index contributed by atoms with van der Waals surface area (Å²) >= 11 is 0. The second-order valence-corrected chi connectivity index (χ2v) is 7.31. The molecular formula is C21H24FN3O3. The molecule has 2 aromatic rings. The molecule has 0 spiro atoms. The Labute approximate surface area is 163 Å². The lowest BCUT2D eigenvalue weighted by atomic mass is 9.92. The molecule has 2 saturated heterocycles. The first-order chi connectivity index (χ1) is 13.7. The fourth-order valence-corrected chi connectivity index (χ4v) is 3.91. The van der Waals surface area contributed by atoms with Gasteiger partial charge in [0.15, 0.2) is 0 Å². The van der Waals surface area contributed by atoms with Crippen molar-refractivity contribution in [2.75, 3.05) is 26.3 Å². The van der Waals surface area contributed by atoms with Gasteiger partial charge in [-0.2, -0.15) is 0 Å². The zero-order valence-electron chi connectivity index (χ0n) is 15.7. The monoisotopic (exact) mass is 385 g/mol. The van der Waals surface area contributed by atoms with Crippen LogP contribution < -0.4 is 4.74 Å². The number of likely N-dealkylation sites (tertiary alicyclic amines) is 1. The minimum atomic E-state index is -0.318. The van der Waals surface area contributed by atoms with E-state index in [-0.39, 0.29) is 23.6 Å². The topological polar surface area (TPSA) is 64.5 Å². The molecule has 2 aliphatic heterocycles. The fourth-order valence-electron chi connectivity index (χ4n) is 3.91. The van der Waals surface area contributed by atoms with Crippen LogP contribution >= 0.6 is 0 Å². The van der Waals surface area contributed by atoms with Crippen molar-refractivity contribution in [1.82, 2.24) is 14.9 Å². The van der Waals surface area contributed by atoms with E-state index in [1.54, 1.807) is 24.5 Å². The molecule has 0 unspecified atom stereocenters. The van der Waals surface area contributed by atoms with Gasteiger partial charge in [-0.15, -0.1) is 0 Å². The molecule has 148 valence electrons. The number of piperidine rings is 1. The quantitative estimate of drug-likeness (QED) is 0.805. The Balaban J connectivity index is 1.49. The van der Waals surface area contributed by atoms with E-state index in [0.717, 1.165) is 37.9 Å². The average Bonchev–Trinajstić information content (AvgIpc) is 2.76. The van der Waals surface area contributed by atoms with Crippen LogP contribution in [0.25, 0.3) is 0 Å². The van der Waals surface area contributed by atoms with Crippen LogP contribution in [0.1, 0.15) is 37.3 Å². The van der Waals surface area contributed by atoms with Gasteiger partial charge in [-0.05, 0) is 49.9 Å². The fraction of sp³-hybridized carbons (Fsp3) is 0.476. The standard InChI is InChI=1S/C21H24FN3O3/c22-17-3-5-18(6-4-17)28-20-19(23-9-10-24-20)16-2-1-11-25(14-16)21(26)15-7-12-27-13-8-15/h3-6,9-10,15-16H,1-2,7-8,11-14H2/t16-/m0/s1. The lowest BCUT2D eigenvalue weighted by Gasteiger charge is -2.35. The minimum Gasteiger partial charge on any atom is -0.437 e. The molecule has 1 amide bonds. The number of amides is 1. The van der Waals surface area contributed by atoms with E-state index < -0.39 is 0 Å². The number of carbonyl (C=O) groups excluding carboxylic acids is 1. The zero-order chi connectivity index (χ0) is 19.3. The van der Waals surface area contributed by atoms with Gasteiger partial charge in [-0.25, -0.2) is 9.37 Å². The molecular weight excluding hydrogens is 361 g/mol. The summed E-state index contributed by atoms with van der Waals surface area (Å²) in [7, 11) is 0. The SMILES string of the molecule is O=C(C1CCOCC1)N1CCC[C@H](c2nccnc2Oc2ccc(F)cc2)C1. The lowest BCUT2D eigenvalue weighted by molar-refractivity contribution is -0.139. The highest BCUT2D eigenvalue weighted by molar-refractivity contribution is 5.79. The van der Waals surface area contributed by atoms with Crippen LogP contribution in [0.4, 0.5) is 4.39 Å². The first-order valence-corrected chi connectivity index (χ1v) is 9.81. The second-order valence-electron chi connectivity index (χ2n) is 7.31. The third-order valence-corrected chi connectivity index (χ3v) is 5.41. The van der Waals surface area contributed by atoms with Gasteiger partial charge in [-0.3, -0.25) is 9.78 Å². The Morgan fingerprint density at radius 2 is 1.86 bits per heavy atom. The molecule has 7 heteroatoms. The Bertz CT molecular complexity index is 809. The molecule has 0 aliphatic carbocycles. The van der Waals surface area contributed by atoms with Crippen LogP contribution in [0.2, 0.25) is 0 Å². The summed E-state index contributed by atoms with van der Waals surface area (Å²) in [5.41, 5.74) is 0.747. The molecule has 0 radical (unpaired) electrons. The minimum absolute atomic E-state index is 0.0595. The molecule has 1 aromatic carbocycles. The number of nitrogens with zero attached hydrogens (tertiary/aromatic N) is 3. The normalized spacial score (nSPS) is 20.8. The number of hydrogen-bond donors (Lipinski definition) is 0. The van der Waals surface area contributed by atoms with Crippen LogP contribution in [-0.2, 0) is 9.53 Å². The predicted molar refractivity (Wildman–Crippen MR) is 101 cm³/mol. The molecule has 1 atom stereocenters. The van der Waals surface area contributed by atoms with Crippen LogP contribution in [0.5, 0.6) is 11.6 Å². The van der Waals surface area contributed by atoms with E-state index in [9.17, 15) is 9.18 Å². The maximum absolute atomic E-state index is 13.1. The van der Waals surface area contributed by atoms with Crippen LogP contribution in [0.15, 0.2) is 36.7 Å². The van der Waals surface area contributed by atoms with Crippen LogP contribution in [0.3, 0.4) is 0 Å². The summed E-state index contributed by atoms with van der Waals surface area (Å²) in [5, 5.41) is 0. The van der Waals surface area contributed by atoms with E-state index in [4.69, 9.17) is 9.47 Å². The van der Waals surface area contributed by atoms with Crippen molar-refractivity contribution in [3.63, 3.8) is 0 Å². The third-order valence-electron chi connectivity index (χ3n) is 5.41. The molecule has 0 saturated carbocycles. The van der Waals surface area contributed by atoms with Crippen molar-refractivity contribution in [3.05, 3.63) is 48.2 Å². The molecule has 28 heavy (non-hydrogen) atoms. The Kier molecular flexibility index (Phi) is 5.81. The predicted octanol–water partition coefficient (Wildman–Crippen LogP) is 3.54. The van der Waals surface area contributed by atoms with E-state index in [1.165, 1.54) is 12.1 Å². The summed E-state index contributed by atoms with van der Waals surface area (Å²) in [6, 6.07) is 5.83. The molecule has 6 nitrogen and oxygen atoms in total. The maximum Gasteiger partial charge on any atom is 0.241 e. The summed E-state index contributed by atoms with van der Waals surface area (Å²) < 4.78 is 24.4. The van der Waals surface area contributed by atoms with Gasteiger partial charge in [0.1, 0.15) is 17.3 Å². The van der Waals surface area contributed by atoms with Crippen molar-refractivity contribution in [3.8, 4) is 11.6 Å². The van der Waals surface area contributed by atoms with E-state index in [2.05, 4.69) is 9.97 Å². The molecule has 2 aliphatic rings. The summed E-state index contributed by atoms with van der Waals surface area (Å²) in [6.07, 6.45) is 6.67. The number of halogens is 1. The van der Waals surface area contributed by atoms with Gasteiger partial charge in [0, 0.05) is 50.5 Å². The molecule has 3 heterocycles. The molecule has 1 aromatic heterocycles. The van der Waals surface area contributed by atoms with Crippen LogP contribution in [-0.4, -0.2) is 47.1 Å². The third kappa shape index (κ3) is 4.30. The molecule has 4 rings (SSSR count). The number of benzene rings is 1. The van der Waals surface area contributed by atoms with Gasteiger partial charge in [0.25, 0.3) is 0 Å². The number of ether oxygens (including phenoxy) is 2. The Morgan fingerprint density at radius 1 is 1.11 bits per heavy atom. The second kappa shape index (κ2) is 8.65. The van der Waals surface area contributed by atoms with Crippen molar-refractivity contribution >= 4 is 5.91 Å². The van der Waals surface area contributed by atoms with Crippen molar-refractivity contribution in [1.29, 1.82) is 0 Å². The summed E-state index contributed by atoms with van der Waals surface area (Å²) in [5.74, 6) is 0.957. The van der Waals surface area contributed by atoms with Gasteiger partial charge >= 0.3 is 0 Å². The lowest BCUT2D eigenvalue weighted by Crippen LogP contribution is -2.43. The Morgan fingerprint density at radius 3 is 2.64 bits per heavy atom. The van der Waals surface area contributed by atoms with Crippen molar-refractivity contribution < 1.29 is 18.7 Å². The maximum atomic E-state index is 13.1. The molecule has 0 N–H and O–H groups in total. The highest BCUT2D eigenvalue weighted by Crippen LogP contribution is 2.33. The molecule has 0 bridgehead atoms. The van der Waals surface area contributed by atoms with Gasteiger partial charge < -0.3 is 14.4 Å². The van der Waals surface area contributed by atoms with Crippen LogP contribution in [0, 0.1) is 11.7 Å². The number of aromatic nitrogens is 2. The summed E-state index contributed by atoms with van der Waals surface area (Å²) in [6.45, 7) is 2.72. The number of hydrogen-bond acceptors (Lipinski definition) is 5. The highest BCUT2D eigenvalue weighted by Gasteiger charge is 2.32. The zero-order valence-corrected chi connectivity index (χ0v) is 15.7. The highest BCUT2D eigenvalue weighted by atomic mass is 19.1. The van der Waals surface area contributed by atoms with Crippen molar-refractivity contribution in [2.24, 2.45) is 5.92 Å². The first kappa shape index (κ1) is 18.8. The smallest absolute Gasteiger partial charge is 0.241 e. The van der Waals surface area contributed by atoms with E-state index in [0.29, 0.717) is 31.4 Å². The average molecular weight is 385 g/mol. The molecule has 2 fully saturated rings. The Hall–Kier alpha value is -2.54. The van der Waals surface area contributed by atoms with E-state index in [1.807, 2.05) is 4.90 Å². The van der Waals surface area contributed by atoms with E-state index >= 15 is 0 Å². The van der Waals surface area contributed by atoms with Gasteiger partial charge in [-0.1, -0.05) is 0 Å². The van der Waals surface area contributed by atoms with Gasteiger partial charge in [0.05, 0.1) is 0 Å². The van der Waals surface area contributed by atoms with Crippen molar-refractivity contribution in [2.45, 2.75) is 31.6 Å². The first-order valence-electron chi connectivity index (χ1n) is 9.81. The summed E-state index contributed by atoms with van der Waals surface area (Å²) in [4.78, 5) is 23.7. The largest absolute Gasteiger partial charge is 0.437 e. The number of rotatable bonds is 4. The number of carbonyl (C=O) groups is 1.